The van der Waals surface area contributed by atoms with E-state index in [4.69, 9.17) is 9.52 Å². The summed E-state index contributed by atoms with van der Waals surface area (Å²) in [4.78, 5) is 16.6. The van der Waals surface area contributed by atoms with Crippen molar-refractivity contribution in [1.29, 1.82) is 0 Å². The van der Waals surface area contributed by atoms with Crippen LogP contribution < -0.4 is 4.90 Å². The van der Waals surface area contributed by atoms with Crippen molar-refractivity contribution in [2.75, 3.05) is 11.9 Å². The standard InChI is InChI=1S/C11H12N2O3S/c1-7-3-4-8(16-7)5-13(2)11-12-9(6-17-11)10(14)15/h3-4,6H,5H2,1-2H3,(H,14,15). The average molecular weight is 252 g/mol. The number of hydrogen-bond acceptors (Lipinski definition) is 5. The molecule has 6 heteroatoms. The fourth-order valence-corrected chi connectivity index (χ4v) is 2.18. The second-order valence-corrected chi connectivity index (χ2v) is 4.53. The van der Waals surface area contributed by atoms with E-state index in [1.165, 1.54) is 16.7 Å². The summed E-state index contributed by atoms with van der Waals surface area (Å²) in [5, 5.41) is 11.0. The van der Waals surface area contributed by atoms with E-state index in [2.05, 4.69) is 4.98 Å². The zero-order valence-electron chi connectivity index (χ0n) is 9.51. The van der Waals surface area contributed by atoms with Gasteiger partial charge in [0.15, 0.2) is 10.8 Å². The lowest BCUT2D eigenvalue weighted by Gasteiger charge is -2.13. The summed E-state index contributed by atoms with van der Waals surface area (Å²) in [6.45, 7) is 2.45. The molecule has 17 heavy (non-hydrogen) atoms. The molecule has 0 saturated carbocycles. The molecule has 0 aliphatic rings. The summed E-state index contributed by atoms with van der Waals surface area (Å²) in [6.07, 6.45) is 0. The fraction of sp³-hybridized carbons (Fsp3) is 0.273. The van der Waals surface area contributed by atoms with Crippen LogP contribution in [0.4, 0.5) is 5.13 Å². The van der Waals surface area contributed by atoms with Crippen LogP contribution in [-0.4, -0.2) is 23.1 Å². The highest BCUT2D eigenvalue weighted by Gasteiger charge is 2.12. The van der Waals surface area contributed by atoms with Gasteiger partial charge in [-0.3, -0.25) is 0 Å². The van der Waals surface area contributed by atoms with E-state index in [9.17, 15) is 4.79 Å². The molecule has 0 amide bonds. The molecule has 1 N–H and O–H groups in total. The first-order chi connectivity index (χ1) is 8.06. The van der Waals surface area contributed by atoms with Crippen molar-refractivity contribution < 1.29 is 14.3 Å². The largest absolute Gasteiger partial charge is 0.476 e. The molecule has 2 aromatic heterocycles. The Balaban J connectivity index is 2.08. The molecular weight excluding hydrogens is 240 g/mol. The van der Waals surface area contributed by atoms with Gasteiger partial charge in [-0.1, -0.05) is 0 Å². The molecule has 0 saturated heterocycles. The summed E-state index contributed by atoms with van der Waals surface area (Å²) in [7, 11) is 1.85. The number of furan rings is 1. The highest BCUT2D eigenvalue weighted by atomic mass is 32.1. The molecule has 0 spiro atoms. The lowest BCUT2D eigenvalue weighted by atomic mass is 10.4. The predicted octanol–water partition coefficient (Wildman–Crippen LogP) is 2.38. The zero-order chi connectivity index (χ0) is 12.4. The summed E-state index contributed by atoms with van der Waals surface area (Å²) in [5.74, 6) is 0.686. The first-order valence-corrected chi connectivity index (χ1v) is 5.89. The van der Waals surface area contributed by atoms with Crippen LogP contribution >= 0.6 is 11.3 Å². The van der Waals surface area contributed by atoms with Crippen molar-refractivity contribution in [3.05, 3.63) is 34.7 Å². The number of nitrogens with zero attached hydrogens (tertiary/aromatic N) is 2. The maximum absolute atomic E-state index is 10.7. The number of anilines is 1. The number of hydrogen-bond donors (Lipinski definition) is 1. The van der Waals surface area contributed by atoms with Crippen molar-refractivity contribution in [1.82, 2.24) is 4.98 Å². The second kappa shape index (κ2) is 4.58. The van der Waals surface area contributed by atoms with Crippen LogP contribution in [0.15, 0.2) is 21.9 Å². The van der Waals surface area contributed by atoms with E-state index in [0.717, 1.165) is 11.5 Å². The molecule has 90 valence electrons. The summed E-state index contributed by atoms with van der Waals surface area (Å²) in [6, 6.07) is 3.80. The van der Waals surface area contributed by atoms with Crippen molar-refractivity contribution >= 4 is 22.4 Å². The lowest BCUT2D eigenvalue weighted by Crippen LogP contribution is -2.15. The molecule has 0 unspecified atom stereocenters. The Labute approximate surface area is 102 Å². The van der Waals surface area contributed by atoms with Crippen LogP contribution in [0, 0.1) is 6.92 Å². The monoisotopic (exact) mass is 252 g/mol. The molecule has 0 bridgehead atoms. The van der Waals surface area contributed by atoms with E-state index in [0.29, 0.717) is 11.7 Å². The van der Waals surface area contributed by atoms with Gasteiger partial charge in [-0.15, -0.1) is 11.3 Å². The number of aromatic carboxylic acids is 1. The molecule has 2 heterocycles. The number of carboxylic acids is 1. The molecule has 0 aromatic carbocycles. The maximum Gasteiger partial charge on any atom is 0.355 e. The molecule has 5 nitrogen and oxygen atoms in total. The quantitative estimate of drug-likeness (QED) is 0.904. The number of carboxylic acid groups (broad SMARTS) is 1. The van der Waals surface area contributed by atoms with E-state index in [1.807, 2.05) is 31.0 Å². The highest BCUT2D eigenvalue weighted by Crippen LogP contribution is 2.21. The fourth-order valence-electron chi connectivity index (χ4n) is 1.41. The molecule has 2 aromatic rings. The van der Waals surface area contributed by atoms with Crippen LogP contribution in [0.5, 0.6) is 0 Å². The van der Waals surface area contributed by atoms with E-state index in [1.54, 1.807) is 0 Å². The molecular formula is C11H12N2O3S. The highest BCUT2D eigenvalue weighted by molar-refractivity contribution is 7.13. The first kappa shape index (κ1) is 11.7. The summed E-state index contributed by atoms with van der Waals surface area (Å²) >= 11 is 1.30. The Morgan fingerprint density at radius 3 is 2.88 bits per heavy atom. The number of aromatic nitrogens is 1. The molecule has 0 fully saturated rings. The van der Waals surface area contributed by atoms with Crippen molar-refractivity contribution in [3.8, 4) is 0 Å². The molecule has 0 radical (unpaired) electrons. The van der Waals surface area contributed by atoms with Gasteiger partial charge < -0.3 is 14.4 Å². The SMILES string of the molecule is Cc1ccc(CN(C)c2nc(C(=O)O)cs2)o1. The third-order valence-corrected chi connectivity index (χ3v) is 3.18. The minimum absolute atomic E-state index is 0.0764. The third kappa shape index (κ3) is 2.65. The van der Waals surface area contributed by atoms with Gasteiger partial charge in [0.2, 0.25) is 0 Å². The number of aryl methyl sites for hydroxylation is 1. The average Bonchev–Trinajstić information content (AvgIpc) is 2.86. The summed E-state index contributed by atoms with van der Waals surface area (Å²) in [5.41, 5.74) is 0.0764. The Bertz CT molecular complexity index is 532. The van der Waals surface area contributed by atoms with Gasteiger partial charge in [0.25, 0.3) is 0 Å². The van der Waals surface area contributed by atoms with Crippen LogP contribution in [0.3, 0.4) is 0 Å². The minimum Gasteiger partial charge on any atom is -0.476 e. The topological polar surface area (TPSA) is 66.6 Å². The van der Waals surface area contributed by atoms with Crippen LogP contribution in [0.1, 0.15) is 22.0 Å². The number of rotatable bonds is 4. The Morgan fingerprint density at radius 2 is 2.35 bits per heavy atom. The van der Waals surface area contributed by atoms with E-state index >= 15 is 0 Å². The number of carbonyl (C=O) groups is 1. The second-order valence-electron chi connectivity index (χ2n) is 3.69. The Morgan fingerprint density at radius 1 is 1.59 bits per heavy atom. The Hall–Kier alpha value is -1.82. The molecule has 0 atom stereocenters. The molecule has 2 rings (SSSR count). The summed E-state index contributed by atoms with van der Waals surface area (Å²) < 4.78 is 5.45. The van der Waals surface area contributed by atoms with Gasteiger partial charge in [-0.05, 0) is 19.1 Å². The number of thiazole rings is 1. The Kier molecular flexibility index (Phi) is 3.14. The lowest BCUT2D eigenvalue weighted by molar-refractivity contribution is 0.0691. The van der Waals surface area contributed by atoms with E-state index in [-0.39, 0.29) is 5.69 Å². The first-order valence-electron chi connectivity index (χ1n) is 5.01. The van der Waals surface area contributed by atoms with Gasteiger partial charge in [-0.25, -0.2) is 9.78 Å². The molecule has 0 aliphatic heterocycles. The minimum atomic E-state index is -1.00. The van der Waals surface area contributed by atoms with Gasteiger partial charge in [0, 0.05) is 12.4 Å². The van der Waals surface area contributed by atoms with Crippen molar-refractivity contribution in [2.24, 2.45) is 0 Å². The zero-order valence-corrected chi connectivity index (χ0v) is 10.3. The van der Waals surface area contributed by atoms with Crippen LogP contribution in [-0.2, 0) is 6.54 Å². The van der Waals surface area contributed by atoms with Crippen LogP contribution in [0.2, 0.25) is 0 Å². The third-order valence-electron chi connectivity index (χ3n) is 2.23. The maximum atomic E-state index is 10.7. The van der Waals surface area contributed by atoms with Gasteiger partial charge >= 0.3 is 5.97 Å². The smallest absolute Gasteiger partial charge is 0.355 e. The van der Waals surface area contributed by atoms with Crippen molar-refractivity contribution in [2.45, 2.75) is 13.5 Å². The van der Waals surface area contributed by atoms with Crippen molar-refractivity contribution in [3.63, 3.8) is 0 Å². The van der Waals surface area contributed by atoms with Crippen LogP contribution in [0.25, 0.3) is 0 Å². The van der Waals surface area contributed by atoms with Gasteiger partial charge in [-0.2, -0.15) is 0 Å². The van der Waals surface area contributed by atoms with Gasteiger partial charge in [0.1, 0.15) is 11.5 Å². The molecule has 0 aliphatic carbocycles. The van der Waals surface area contributed by atoms with Gasteiger partial charge in [0.05, 0.1) is 6.54 Å². The normalized spacial score (nSPS) is 10.5. The predicted molar refractivity (Wildman–Crippen MR) is 64.6 cm³/mol. The van der Waals surface area contributed by atoms with E-state index < -0.39 is 5.97 Å².